The van der Waals surface area contributed by atoms with Gasteiger partial charge in [0.25, 0.3) is 0 Å². The fourth-order valence-electron chi connectivity index (χ4n) is 2.37. The summed E-state index contributed by atoms with van der Waals surface area (Å²) in [5, 5.41) is 7.78. The molecule has 1 aromatic carbocycles. The van der Waals surface area contributed by atoms with Crippen LogP contribution >= 0.6 is 11.6 Å². The quantitative estimate of drug-likeness (QED) is 0.943. The largest absolute Gasteiger partial charge is 0.378 e. The monoisotopic (exact) mass is 294 g/mol. The van der Waals surface area contributed by atoms with Gasteiger partial charge in [-0.25, -0.2) is 14.1 Å². The van der Waals surface area contributed by atoms with Crippen LogP contribution in [0.4, 0.5) is 10.1 Å². The molecule has 0 unspecified atom stereocenters. The Hall–Kier alpha value is -1.62. The number of nitrogens with zero attached hydrogens (tertiary/aromatic N) is 3. The second kappa shape index (κ2) is 5.79. The molecule has 0 amide bonds. The zero-order chi connectivity index (χ0) is 13.9. The maximum Gasteiger partial charge on any atom is 0.169 e. The van der Waals surface area contributed by atoms with Crippen LogP contribution in [0.5, 0.6) is 0 Å². The van der Waals surface area contributed by atoms with Crippen LogP contribution in [0.15, 0.2) is 18.2 Å². The molecule has 2 aromatic rings. The molecule has 1 aromatic heterocycles. The summed E-state index contributed by atoms with van der Waals surface area (Å²) in [5.41, 5.74) is 0.765. The molecule has 0 atom stereocenters. The Bertz CT molecular complexity index is 588. The number of aryl methyl sites for hydroxylation is 2. The van der Waals surface area contributed by atoms with Gasteiger partial charge in [-0.15, -0.1) is 0 Å². The van der Waals surface area contributed by atoms with Crippen molar-refractivity contribution in [2.24, 2.45) is 0 Å². The lowest BCUT2D eigenvalue weighted by molar-refractivity contribution is 0.570. The molecule has 0 spiro atoms. The van der Waals surface area contributed by atoms with Crippen LogP contribution in [0.3, 0.4) is 0 Å². The first-order valence-electron chi connectivity index (χ1n) is 6.84. The van der Waals surface area contributed by atoms with Crippen LogP contribution in [-0.4, -0.2) is 14.8 Å². The molecule has 6 heteroatoms. The van der Waals surface area contributed by atoms with Crippen LogP contribution in [0.2, 0.25) is 5.02 Å². The van der Waals surface area contributed by atoms with E-state index >= 15 is 0 Å². The number of nitrogens with one attached hydrogen (secondary N) is 1. The SMILES string of the molecule is Fc1ccc(NCc2nc3n(n2)CCCCC3)cc1Cl. The van der Waals surface area contributed by atoms with E-state index in [1.165, 1.54) is 18.9 Å². The lowest BCUT2D eigenvalue weighted by Crippen LogP contribution is -2.04. The van der Waals surface area contributed by atoms with Gasteiger partial charge in [-0.3, -0.25) is 0 Å². The zero-order valence-corrected chi connectivity index (χ0v) is 11.8. The average Bonchev–Trinajstić information content (AvgIpc) is 2.70. The summed E-state index contributed by atoms with van der Waals surface area (Å²) >= 11 is 5.75. The number of hydrogen-bond donors (Lipinski definition) is 1. The van der Waals surface area contributed by atoms with Crippen molar-refractivity contribution in [3.8, 4) is 0 Å². The molecule has 3 rings (SSSR count). The Balaban J connectivity index is 1.67. The molecule has 0 saturated heterocycles. The Morgan fingerprint density at radius 1 is 1.30 bits per heavy atom. The minimum atomic E-state index is -0.413. The summed E-state index contributed by atoms with van der Waals surface area (Å²) in [6.45, 7) is 1.46. The van der Waals surface area contributed by atoms with Crippen LogP contribution in [-0.2, 0) is 19.5 Å². The van der Waals surface area contributed by atoms with Crippen molar-refractivity contribution < 1.29 is 4.39 Å². The van der Waals surface area contributed by atoms with Gasteiger partial charge in [0.05, 0.1) is 11.6 Å². The van der Waals surface area contributed by atoms with E-state index in [-0.39, 0.29) is 5.02 Å². The first-order chi connectivity index (χ1) is 9.72. The van der Waals surface area contributed by atoms with Crippen molar-refractivity contribution in [2.75, 3.05) is 5.32 Å². The molecule has 0 fully saturated rings. The van der Waals surface area contributed by atoms with Gasteiger partial charge < -0.3 is 5.32 Å². The number of benzene rings is 1. The third kappa shape index (κ3) is 2.93. The summed E-state index contributed by atoms with van der Waals surface area (Å²) < 4.78 is 15.1. The third-order valence-electron chi connectivity index (χ3n) is 3.43. The van der Waals surface area contributed by atoms with Crippen LogP contribution in [0.1, 0.15) is 30.9 Å². The van der Waals surface area contributed by atoms with E-state index in [0.29, 0.717) is 6.54 Å². The second-order valence-electron chi connectivity index (χ2n) is 4.96. The summed E-state index contributed by atoms with van der Waals surface area (Å²) in [5.74, 6) is 1.42. The predicted molar refractivity (Wildman–Crippen MR) is 76.3 cm³/mol. The number of rotatable bonds is 3. The van der Waals surface area contributed by atoms with Crippen LogP contribution < -0.4 is 5.32 Å². The summed E-state index contributed by atoms with van der Waals surface area (Å²) in [6.07, 6.45) is 4.58. The topological polar surface area (TPSA) is 42.7 Å². The molecule has 2 heterocycles. The highest BCUT2D eigenvalue weighted by molar-refractivity contribution is 6.31. The minimum Gasteiger partial charge on any atom is -0.378 e. The first kappa shape index (κ1) is 13.4. The van der Waals surface area contributed by atoms with Crippen molar-refractivity contribution >= 4 is 17.3 Å². The maximum atomic E-state index is 13.1. The highest BCUT2D eigenvalue weighted by atomic mass is 35.5. The second-order valence-corrected chi connectivity index (χ2v) is 5.37. The van der Waals surface area contributed by atoms with Gasteiger partial charge in [0, 0.05) is 18.7 Å². The Kier molecular flexibility index (Phi) is 3.87. The molecule has 20 heavy (non-hydrogen) atoms. The van der Waals surface area contributed by atoms with Crippen molar-refractivity contribution in [1.82, 2.24) is 14.8 Å². The van der Waals surface area contributed by atoms with E-state index in [4.69, 9.17) is 11.6 Å². The Labute approximate surface area is 122 Å². The van der Waals surface area contributed by atoms with Crippen LogP contribution in [0.25, 0.3) is 0 Å². The van der Waals surface area contributed by atoms with E-state index in [1.807, 2.05) is 4.68 Å². The van der Waals surface area contributed by atoms with Gasteiger partial charge in [0.2, 0.25) is 0 Å². The first-order valence-corrected chi connectivity index (χ1v) is 7.22. The lowest BCUT2D eigenvalue weighted by Gasteiger charge is -2.04. The van der Waals surface area contributed by atoms with Crippen molar-refractivity contribution in [3.05, 3.63) is 40.7 Å². The Morgan fingerprint density at radius 3 is 3.05 bits per heavy atom. The predicted octanol–water partition coefficient (Wildman–Crippen LogP) is 3.41. The fourth-order valence-corrected chi connectivity index (χ4v) is 2.55. The fraction of sp³-hybridized carbons (Fsp3) is 0.429. The van der Waals surface area contributed by atoms with Gasteiger partial charge in [-0.1, -0.05) is 18.0 Å². The molecular formula is C14H16ClFN4. The summed E-state index contributed by atoms with van der Waals surface area (Å²) in [7, 11) is 0. The van der Waals surface area contributed by atoms with Gasteiger partial charge in [-0.2, -0.15) is 5.10 Å². The molecule has 4 nitrogen and oxygen atoms in total. The van der Waals surface area contributed by atoms with E-state index in [0.717, 1.165) is 36.7 Å². The van der Waals surface area contributed by atoms with E-state index < -0.39 is 5.82 Å². The molecule has 1 N–H and O–H groups in total. The van der Waals surface area contributed by atoms with Gasteiger partial charge in [-0.05, 0) is 31.0 Å². The smallest absolute Gasteiger partial charge is 0.169 e. The number of hydrogen-bond acceptors (Lipinski definition) is 3. The maximum absolute atomic E-state index is 13.1. The van der Waals surface area contributed by atoms with Gasteiger partial charge in [0.15, 0.2) is 5.82 Å². The standard InChI is InChI=1S/C14H16ClFN4/c15-11-8-10(5-6-12(11)16)17-9-13-18-14-4-2-1-3-7-20(14)19-13/h5-6,8,17H,1-4,7,9H2. The molecule has 0 bridgehead atoms. The normalized spacial score (nSPS) is 14.7. The molecule has 1 aliphatic rings. The number of anilines is 1. The Morgan fingerprint density at radius 2 is 2.20 bits per heavy atom. The van der Waals surface area contributed by atoms with Gasteiger partial charge >= 0.3 is 0 Å². The number of fused-ring (bicyclic) bond motifs is 1. The van der Waals surface area contributed by atoms with E-state index in [9.17, 15) is 4.39 Å². The van der Waals surface area contributed by atoms with Crippen molar-refractivity contribution in [2.45, 2.75) is 38.8 Å². The molecular weight excluding hydrogens is 279 g/mol. The summed E-state index contributed by atoms with van der Waals surface area (Å²) in [4.78, 5) is 4.55. The average molecular weight is 295 g/mol. The van der Waals surface area contributed by atoms with Crippen molar-refractivity contribution in [3.63, 3.8) is 0 Å². The molecule has 0 saturated carbocycles. The molecule has 1 aliphatic heterocycles. The van der Waals surface area contributed by atoms with Crippen molar-refractivity contribution in [1.29, 1.82) is 0 Å². The number of aromatic nitrogens is 3. The summed E-state index contributed by atoms with van der Waals surface area (Å²) in [6, 6.07) is 4.57. The van der Waals surface area contributed by atoms with Crippen LogP contribution in [0, 0.1) is 5.82 Å². The van der Waals surface area contributed by atoms with E-state index in [2.05, 4.69) is 15.4 Å². The third-order valence-corrected chi connectivity index (χ3v) is 3.72. The minimum absolute atomic E-state index is 0.114. The van der Waals surface area contributed by atoms with Gasteiger partial charge in [0.1, 0.15) is 11.6 Å². The van der Waals surface area contributed by atoms with E-state index in [1.54, 1.807) is 12.1 Å². The number of halogens is 2. The highest BCUT2D eigenvalue weighted by Gasteiger charge is 2.12. The molecule has 106 valence electrons. The lowest BCUT2D eigenvalue weighted by atomic mass is 10.2. The highest BCUT2D eigenvalue weighted by Crippen LogP contribution is 2.20. The molecule has 0 radical (unpaired) electrons. The molecule has 0 aliphatic carbocycles. The zero-order valence-electron chi connectivity index (χ0n) is 11.1.